The summed E-state index contributed by atoms with van der Waals surface area (Å²) in [7, 11) is 0. The maximum Gasteiger partial charge on any atom is 0.00399 e. The Morgan fingerprint density at radius 2 is 1.44 bits per heavy atom. The van der Waals surface area contributed by atoms with E-state index in [2.05, 4.69) is 28.6 Å². The summed E-state index contributed by atoms with van der Waals surface area (Å²) < 4.78 is 23.1. The normalized spacial score (nSPS) is 26.6. The van der Waals surface area contributed by atoms with Crippen molar-refractivity contribution in [2.75, 3.05) is 6.61 Å². The van der Waals surface area contributed by atoms with E-state index in [1.54, 1.807) is 0 Å². The molecule has 1 heterocycles. The van der Waals surface area contributed by atoms with Gasteiger partial charge in [-0.25, -0.2) is 0 Å². The molecule has 1 aromatic carbocycles. The summed E-state index contributed by atoms with van der Waals surface area (Å²) in [6.07, 6.45) is -5.40. The number of hydrogen-bond donors (Lipinski definition) is 2. The molecule has 0 aliphatic carbocycles. The van der Waals surface area contributed by atoms with Crippen molar-refractivity contribution in [1.82, 2.24) is 0 Å². The van der Waals surface area contributed by atoms with Crippen molar-refractivity contribution in [2.45, 2.75) is 61.7 Å². The molecule has 32 heavy (non-hydrogen) atoms. The van der Waals surface area contributed by atoms with E-state index in [-0.39, 0.29) is 0 Å². The van der Waals surface area contributed by atoms with Gasteiger partial charge in [0.25, 0.3) is 0 Å². The zero-order chi connectivity index (χ0) is 24.5. The average Bonchev–Trinajstić information content (AvgIpc) is 2.65. The standard InChI is InChI=1S/C14H19O10Se.C6H6S/c1-6(15)20-5-10-11(21-7(2)16)12(22-8(3)17)13(23-9(4)18)14(19,25)24-10;7-6-4-2-1-3-5-6/h10-13,19H,5H2,1-4H3;1-5,7H/t10-,11-,12+,13-,14+;/m1./s1. The number of esters is 4. The van der Waals surface area contributed by atoms with Crippen LogP contribution in [0.4, 0.5) is 0 Å². The molecule has 0 saturated carbocycles. The van der Waals surface area contributed by atoms with Gasteiger partial charge >= 0.3 is 151 Å². The van der Waals surface area contributed by atoms with Crippen LogP contribution in [-0.4, -0.2) is 80.7 Å². The third kappa shape index (κ3) is 9.58. The molecular formula is C20H25O10SSe. The molecular weight excluding hydrogens is 511 g/mol. The fourth-order valence-corrected chi connectivity index (χ4v) is 3.49. The third-order valence-corrected chi connectivity index (χ3v) is 4.76. The van der Waals surface area contributed by atoms with Gasteiger partial charge in [0, 0.05) is 4.90 Å². The van der Waals surface area contributed by atoms with E-state index in [0.717, 1.165) is 32.6 Å². The van der Waals surface area contributed by atoms with Crippen LogP contribution in [0.3, 0.4) is 0 Å². The van der Waals surface area contributed by atoms with E-state index in [9.17, 15) is 24.3 Å². The number of rotatable bonds is 5. The number of carbonyl (C=O) groups excluding carboxylic acids is 4. The smallest absolute Gasteiger partial charge is 0.00399 e. The first-order chi connectivity index (χ1) is 14.8. The van der Waals surface area contributed by atoms with Gasteiger partial charge in [-0.15, -0.1) is 12.6 Å². The van der Waals surface area contributed by atoms with Crippen LogP contribution >= 0.6 is 12.6 Å². The number of ether oxygens (including phenoxy) is 5. The second-order valence-corrected chi connectivity index (χ2v) is 8.35. The molecule has 177 valence electrons. The molecule has 0 unspecified atom stereocenters. The topological polar surface area (TPSA) is 135 Å². The Labute approximate surface area is 199 Å². The van der Waals surface area contributed by atoms with E-state index in [4.69, 9.17) is 23.7 Å². The van der Waals surface area contributed by atoms with Crippen molar-refractivity contribution in [3.05, 3.63) is 30.3 Å². The molecule has 0 spiro atoms. The molecule has 0 amide bonds. The van der Waals surface area contributed by atoms with E-state index in [1.807, 2.05) is 30.3 Å². The molecule has 12 heteroatoms. The summed E-state index contributed by atoms with van der Waals surface area (Å²) in [6, 6.07) is 9.79. The van der Waals surface area contributed by atoms with Gasteiger partial charge < -0.3 is 0 Å². The van der Waals surface area contributed by atoms with Gasteiger partial charge in [-0.05, 0) is 12.1 Å². The fourth-order valence-electron chi connectivity index (χ4n) is 2.67. The predicted molar refractivity (Wildman–Crippen MR) is 113 cm³/mol. The largest absolute Gasteiger partial charge is 0.143 e. The molecule has 0 aromatic heterocycles. The molecule has 0 bridgehead atoms. The van der Waals surface area contributed by atoms with Crippen LogP contribution < -0.4 is 0 Å². The molecule has 1 aliphatic heterocycles. The second kappa shape index (κ2) is 12.8. The first-order valence-electron chi connectivity index (χ1n) is 9.33. The van der Waals surface area contributed by atoms with Crippen LogP contribution in [-0.2, 0) is 42.9 Å². The van der Waals surface area contributed by atoms with Gasteiger partial charge in [0.05, 0.1) is 0 Å². The van der Waals surface area contributed by atoms with Crippen molar-refractivity contribution in [1.29, 1.82) is 0 Å². The van der Waals surface area contributed by atoms with Gasteiger partial charge in [0.15, 0.2) is 0 Å². The van der Waals surface area contributed by atoms with Crippen molar-refractivity contribution in [3.63, 3.8) is 0 Å². The van der Waals surface area contributed by atoms with Gasteiger partial charge in [-0.1, -0.05) is 18.2 Å². The van der Waals surface area contributed by atoms with Crippen LogP contribution in [0.25, 0.3) is 0 Å². The Hall–Kier alpha value is -2.11. The molecule has 1 N–H and O–H groups in total. The van der Waals surface area contributed by atoms with Gasteiger partial charge in [0.2, 0.25) is 0 Å². The Morgan fingerprint density at radius 1 is 0.938 bits per heavy atom. The van der Waals surface area contributed by atoms with E-state index < -0.39 is 59.6 Å². The van der Waals surface area contributed by atoms with E-state index in [1.165, 1.54) is 0 Å². The summed E-state index contributed by atoms with van der Waals surface area (Å²) >= 11 is 6.37. The summed E-state index contributed by atoms with van der Waals surface area (Å²) in [6.45, 7) is 4.02. The van der Waals surface area contributed by atoms with Gasteiger partial charge in [-0.3, -0.25) is 0 Å². The molecule has 2 rings (SSSR count). The first-order valence-corrected chi connectivity index (χ1v) is 10.6. The molecule has 1 radical (unpaired) electrons. The molecule has 10 nitrogen and oxygen atoms in total. The van der Waals surface area contributed by atoms with Crippen LogP contribution in [0, 0.1) is 0 Å². The molecule has 5 atom stereocenters. The van der Waals surface area contributed by atoms with E-state index >= 15 is 0 Å². The fraction of sp³-hybridized carbons (Fsp3) is 0.500. The maximum atomic E-state index is 11.4. The minimum atomic E-state index is -2.22. The number of aliphatic hydroxyl groups is 1. The first kappa shape index (κ1) is 27.9. The van der Waals surface area contributed by atoms with Crippen molar-refractivity contribution >= 4 is 52.5 Å². The molecule has 1 aliphatic rings. The molecule has 1 aromatic rings. The van der Waals surface area contributed by atoms with Crippen LogP contribution in [0.1, 0.15) is 27.7 Å². The summed E-state index contributed by atoms with van der Waals surface area (Å²) in [4.78, 5) is 46.2. The Balaban J connectivity index is 0.000000616. The van der Waals surface area contributed by atoms with Crippen LogP contribution in [0.5, 0.6) is 0 Å². The van der Waals surface area contributed by atoms with Crippen molar-refractivity contribution < 1.29 is 48.0 Å². The maximum absolute atomic E-state index is 11.4. The predicted octanol–water partition coefficient (Wildman–Crippen LogP) is 0.533. The summed E-state index contributed by atoms with van der Waals surface area (Å²) in [5, 5.41) is 10.4. The van der Waals surface area contributed by atoms with Crippen LogP contribution in [0.2, 0.25) is 0 Å². The second-order valence-electron chi connectivity index (χ2n) is 6.60. The third-order valence-electron chi connectivity index (χ3n) is 3.77. The summed E-state index contributed by atoms with van der Waals surface area (Å²) in [5.74, 6) is -2.95. The number of hydrogen-bond acceptors (Lipinski definition) is 11. The zero-order valence-electron chi connectivity index (χ0n) is 17.9. The van der Waals surface area contributed by atoms with Crippen molar-refractivity contribution in [3.8, 4) is 0 Å². The van der Waals surface area contributed by atoms with Gasteiger partial charge in [0.1, 0.15) is 0 Å². The molecule has 1 fully saturated rings. The average molecular weight is 536 g/mol. The monoisotopic (exact) mass is 537 g/mol. The number of thiol groups is 1. The van der Waals surface area contributed by atoms with E-state index in [0.29, 0.717) is 0 Å². The number of benzene rings is 1. The number of carbonyl (C=O) groups is 4. The zero-order valence-corrected chi connectivity index (χ0v) is 20.5. The quantitative estimate of drug-likeness (QED) is 0.238. The minimum absolute atomic E-state index is 0.401. The Bertz CT molecular complexity index is 801. The summed E-state index contributed by atoms with van der Waals surface area (Å²) in [5.41, 5.74) is 0. The molecule has 1 saturated heterocycles. The Kier molecular flexibility index (Phi) is 11.2. The minimum Gasteiger partial charge on any atom is -0.143 e. The SMILES string of the molecule is CC(=O)OC[C@H]1O[C@](O)([Se])[C@H](OC(C)=O)[C@@H](OC(C)=O)[C@@H]1OC(C)=O.Sc1ccccc1. The van der Waals surface area contributed by atoms with Crippen molar-refractivity contribution in [2.24, 2.45) is 0 Å². The van der Waals surface area contributed by atoms with Crippen LogP contribution in [0.15, 0.2) is 35.2 Å². The van der Waals surface area contributed by atoms with Gasteiger partial charge in [-0.2, -0.15) is 0 Å². The Morgan fingerprint density at radius 3 is 1.84 bits per heavy atom.